The number of carbonyl (C=O) groups is 4. The van der Waals surface area contributed by atoms with E-state index in [-0.39, 0.29) is 51.9 Å². The van der Waals surface area contributed by atoms with E-state index in [9.17, 15) is 36.4 Å². The maximum Gasteiger partial charge on any atom is 0.407 e. The molecule has 2 fully saturated rings. The van der Waals surface area contributed by atoms with Crippen LogP contribution in [-0.4, -0.2) is 111 Å². The van der Waals surface area contributed by atoms with Crippen LogP contribution in [0.5, 0.6) is 23.3 Å². The number of sulfone groups is 1. The minimum atomic E-state index is -3.68. The number of alkyl carbamates (subject to hydrolysis) is 2. The number of ketones is 1. The van der Waals surface area contributed by atoms with Crippen LogP contribution in [-0.2, 0) is 19.3 Å². The van der Waals surface area contributed by atoms with Gasteiger partial charge in [0.05, 0.1) is 29.5 Å². The van der Waals surface area contributed by atoms with Gasteiger partial charge in [-0.15, -0.1) is 10.2 Å². The quantitative estimate of drug-likeness (QED) is 0.0350. The Morgan fingerprint density at radius 2 is 1.16 bits per heavy atom. The van der Waals surface area contributed by atoms with E-state index < -0.39 is 38.8 Å². The number of fused-ring (bicyclic) bond motifs is 2. The Balaban J connectivity index is 0.000000195. The second-order valence-electron chi connectivity index (χ2n) is 23.5. The topological polar surface area (TPSA) is 274 Å². The van der Waals surface area contributed by atoms with Crippen molar-refractivity contribution in [3.05, 3.63) is 143 Å². The summed E-state index contributed by atoms with van der Waals surface area (Å²) in [5.41, 5.74) is 11.4. The van der Waals surface area contributed by atoms with Crippen molar-refractivity contribution in [2.45, 2.75) is 122 Å². The third-order valence-corrected chi connectivity index (χ3v) is 14.5. The van der Waals surface area contributed by atoms with Gasteiger partial charge >= 0.3 is 12.2 Å². The summed E-state index contributed by atoms with van der Waals surface area (Å²) in [5, 5.41) is 20.8. The first-order valence-electron chi connectivity index (χ1n) is 29.0. The van der Waals surface area contributed by atoms with Gasteiger partial charge in [-0.1, -0.05) is 30.3 Å². The molecule has 2 aliphatic carbocycles. The van der Waals surface area contributed by atoms with E-state index in [1.165, 1.54) is 47.1 Å². The van der Waals surface area contributed by atoms with Crippen molar-refractivity contribution in [2.24, 2.45) is 11.7 Å². The van der Waals surface area contributed by atoms with Crippen LogP contribution >= 0.6 is 0 Å². The molecular weight excluding hydrogens is 1150 g/mol. The first kappa shape index (κ1) is 65.0. The minimum Gasteiger partial charge on any atom is -0.444 e. The van der Waals surface area contributed by atoms with Crippen molar-refractivity contribution in [1.29, 1.82) is 0 Å². The molecule has 6 N–H and O–H groups in total. The number of aromatic nitrogens is 6. The molecule has 0 radical (unpaired) electrons. The highest BCUT2D eigenvalue weighted by Crippen LogP contribution is 2.36. The highest BCUT2D eigenvalue weighted by Gasteiger charge is 2.28. The molecule has 0 unspecified atom stereocenters. The number of Topliss-reactive ketones (excluding diaryl/α,β-unsaturated/α-hetero) is 1. The Bertz CT molecular complexity index is 3950. The lowest BCUT2D eigenvalue weighted by molar-refractivity contribution is 0.0516. The summed E-state index contributed by atoms with van der Waals surface area (Å²) in [4.78, 5) is 57.0. The van der Waals surface area contributed by atoms with Gasteiger partial charge in [-0.2, -0.15) is 0 Å². The maximum atomic E-state index is 13.8. The number of ether oxygens (including phenoxy) is 4. The molecule has 4 aromatic heterocycles. The van der Waals surface area contributed by atoms with E-state index in [0.717, 1.165) is 60.6 Å². The molecule has 4 aromatic carbocycles. The van der Waals surface area contributed by atoms with E-state index in [2.05, 4.69) is 41.4 Å². The molecule has 0 spiro atoms. The Labute approximate surface area is 510 Å². The average Bonchev–Trinajstić information content (AvgIpc) is 1.99. The van der Waals surface area contributed by atoms with Crippen molar-refractivity contribution in [3.63, 3.8) is 0 Å². The largest absolute Gasteiger partial charge is 0.444 e. The van der Waals surface area contributed by atoms with Crippen LogP contribution in [0.3, 0.4) is 0 Å². The van der Waals surface area contributed by atoms with Gasteiger partial charge in [0.1, 0.15) is 39.2 Å². The number of amides is 3. The molecule has 3 amide bonds. The molecule has 0 saturated heterocycles. The number of aryl methyl sites for hydroxylation is 2. The van der Waals surface area contributed by atoms with Crippen molar-refractivity contribution >= 4 is 50.7 Å². The summed E-state index contributed by atoms with van der Waals surface area (Å²) in [6.45, 7) is 16.8. The second kappa shape index (κ2) is 28.2. The lowest BCUT2D eigenvalue weighted by Crippen LogP contribution is -2.33. The predicted octanol–water partition coefficient (Wildman–Crippen LogP) is 11.7. The highest BCUT2D eigenvalue weighted by atomic mass is 32.2. The van der Waals surface area contributed by atoms with Crippen molar-refractivity contribution in [1.82, 2.24) is 45.1 Å². The van der Waals surface area contributed by atoms with Gasteiger partial charge in [-0.25, -0.2) is 45.8 Å². The molecule has 8 aromatic rings. The maximum absolute atomic E-state index is 13.8. The van der Waals surface area contributed by atoms with Crippen LogP contribution in [0.25, 0.3) is 33.8 Å². The van der Waals surface area contributed by atoms with Crippen molar-refractivity contribution < 1.29 is 55.3 Å². The number of imidazole rings is 2. The summed E-state index contributed by atoms with van der Waals surface area (Å²) in [7, 11) is -3.68. The van der Waals surface area contributed by atoms with Gasteiger partial charge in [-0.3, -0.25) is 9.59 Å². The van der Waals surface area contributed by atoms with Gasteiger partial charge in [0.15, 0.2) is 26.9 Å². The molecule has 0 atom stereocenters. The van der Waals surface area contributed by atoms with Crippen LogP contribution in [0.15, 0.2) is 114 Å². The number of benzene rings is 4. The standard InChI is InChI=1S/C32H36FN5O4.C24H21FN4O4S.C8H18N2O2/c1-20-15-22(11-12-25(20)28(39)16-21-9-10-21)27-19-36-30-26(34-13-6-14-35-31(40)42-32(2,3)4)18-29(37-38(27)30)41-24-8-5-7-23(33)17-24;1-14-10-15(6-9-19(14)24(30)27-17-7-8-17)20-13-26-23-21(34(2,31)32)12-22(28-29(20)23)33-18-5-3-4-16(25)11-18;1-8(2,3)12-7(11)10-6-4-5-9/h5,7-8,11-12,15,17-19,21,34H,6,9-10,13-14,16H2,1-4H3,(H,35,40);3-6,9-13,17H,7-8H2,1-2H3,(H,27,30);4-6,9H2,1-3H3,(H,10,11). The number of nitrogens with zero attached hydrogens (tertiary/aromatic N) is 6. The Kier molecular flexibility index (Phi) is 20.8. The number of hydrogen-bond acceptors (Lipinski definition) is 16. The summed E-state index contributed by atoms with van der Waals surface area (Å²) in [6, 6.07) is 25.6. The number of hydrogen-bond donors (Lipinski definition) is 5. The number of carbonyl (C=O) groups excluding carboxylic acids is 4. The number of rotatable bonds is 20. The zero-order chi connectivity index (χ0) is 63.5. The third kappa shape index (κ3) is 18.7. The fourth-order valence-electron chi connectivity index (χ4n) is 8.89. The smallest absolute Gasteiger partial charge is 0.407 e. The van der Waals surface area contributed by atoms with E-state index in [1.54, 1.807) is 47.1 Å². The zero-order valence-electron chi connectivity index (χ0n) is 50.8. The van der Waals surface area contributed by atoms with Crippen molar-refractivity contribution in [2.75, 3.05) is 37.8 Å². The van der Waals surface area contributed by atoms with E-state index in [0.29, 0.717) is 84.5 Å². The minimum absolute atomic E-state index is 0.0325. The molecule has 88 heavy (non-hydrogen) atoms. The normalized spacial score (nSPS) is 13.1. The molecule has 0 bridgehead atoms. The number of anilines is 1. The summed E-state index contributed by atoms with van der Waals surface area (Å²) in [5.74, 6) is 0.371. The van der Waals surface area contributed by atoms with Crippen LogP contribution < -0.4 is 36.5 Å². The first-order chi connectivity index (χ1) is 41.7. The molecule has 4 heterocycles. The van der Waals surface area contributed by atoms with Crippen molar-refractivity contribution in [3.8, 4) is 45.8 Å². The third-order valence-electron chi connectivity index (χ3n) is 13.4. The van der Waals surface area contributed by atoms with E-state index in [1.807, 2.05) is 79.7 Å². The van der Waals surface area contributed by atoms with Gasteiger partial charge in [0.25, 0.3) is 5.91 Å². The number of halogens is 2. The number of nitrogens with one attached hydrogen (secondary N) is 4. The van der Waals surface area contributed by atoms with Gasteiger partial charge in [0.2, 0.25) is 11.8 Å². The Morgan fingerprint density at radius 3 is 1.65 bits per heavy atom. The Morgan fingerprint density at radius 1 is 0.648 bits per heavy atom. The van der Waals surface area contributed by atoms with Gasteiger partial charge in [-0.05, 0) is 160 Å². The first-order valence-corrected chi connectivity index (χ1v) is 30.9. The van der Waals surface area contributed by atoms with Crippen LogP contribution in [0.2, 0.25) is 0 Å². The molecule has 466 valence electrons. The predicted molar refractivity (Wildman–Crippen MR) is 330 cm³/mol. The number of nitrogens with two attached hydrogens (primary N) is 1. The average molecular weight is 1230 g/mol. The highest BCUT2D eigenvalue weighted by molar-refractivity contribution is 7.91. The fraction of sp³-hybridized carbons (Fsp3) is 0.375. The summed E-state index contributed by atoms with van der Waals surface area (Å²) >= 11 is 0. The molecular formula is C64H75F2N11O10S. The molecule has 21 nitrogen and oxygen atoms in total. The van der Waals surface area contributed by atoms with Crippen LogP contribution in [0.4, 0.5) is 24.1 Å². The summed E-state index contributed by atoms with van der Waals surface area (Å²) < 4.78 is 77.3. The molecule has 10 rings (SSSR count). The molecule has 24 heteroatoms. The van der Waals surface area contributed by atoms with Gasteiger partial charge < -0.3 is 45.9 Å². The van der Waals surface area contributed by atoms with Crippen LogP contribution in [0, 0.1) is 31.4 Å². The second-order valence-corrected chi connectivity index (χ2v) is 25.5. The fourth-order valence-corrected chi connectivity index (χ4v) is 9.67. The van der Waals surface area contributed by atoms with Gasteiger partial charge in [0, 0.05) is 84.9 Å². The van der Waals surface area contributed by atoms with E-state index in [4.69, 9.17) is 24.7 Å². The zero-order valence-corrected chi connectivity index (χ0v) is 51.6. The monoisotopic (exact) mass is 1230 g/mol. The Hall–Kier alpha value is -9.03. The lowest BCUT2D eigenvalue weighted by Gasteiger charge is -2.19. The summed E-state index contributed by atoms with van der Waals surface area (Å²) in [6.07, 6.45) is 9.73. The van der Waals surface area contributed by atoms with E-state index >= 15 is 0 Å². The van der Waals surface area contributed by atoms with Crippen LogP contribution in [0.1, 0.15) is 118 Å². The molecule has 2 aliphatic rings. The lowest BCUT2D eigenvalue weighted by atomic mass is 9.98. The SMILES string of the molecule is CC(C)(C)OC(=O)NCCCN.Cc1cc(-c2cnc3c(NCCCNC(=O)OC(C)(C)C)cc(Oc4cccc(F)c4)nn23)ccc1C(=O)CC1CC1.Cc1cc(-c2cnc3c(S(C)(=O)=O)cc(Oc4cccc(F)c4)nn23)ccc1C(=O)NC1CC1. The molecule has 2 saturated carbocycles. The molecule has 0 aliphatic heterocycles.